The minimum absolute atomic E-state index is 0.0212. The topological polar surface area (TPSA) is 88.4 Å². The number of aliphatic imine (C=N–C) groups is 1. The van der Waals surface area contributed by atoms with Crippen molar-refractivity contribution in [2.24, 2.45) is 4.99 Å². The highest BCUT2D eigenvalue weighted by molar-refractivity contribution is 8.18. The average Bonchev–Trinajstić information content (AvgIpc) is 2.98. The van der Waals surface area contributed by atoms with Crippen molar-refractivity contribution in [1.29, 1.82) is 0 Å². The van der Waals surface area contributed by atoms with Crippen molar-refractivity contribution in [3.05, 3.63) is 70.3 Å². The molecule has 6 nitrogen and oxygen atoms in total. The fourth-order valence-electron chi connectivity index (χ4n) is 2.56. The summed E-state index contributed by atoms with van der Waals surface area (Å²) in [5.74, 6) is -0.511. The molecule has 2 aromatic rings. The Morgan fingerprint density at radius 1 is 1.18 bits per heavy atom. The van der Waals surface area contributed by atoms with Gasteiger partial charge in [-0.3, -0.25) is 0 Å². The first-order valence-electron chi connectivity index (χ1n) is 8.55. The van der Waals surface area contributed by atoms with Crippen molar-refractivity contribution in [2.45, 2.75) is 6.92 Å². The summed E-state index contributed by atoms with van der Waals surface area (Å²) in [6.45, 7) is 1.88. The lowest BCUT2D eigenvalue weighted by Crippen LogP contribution is -2.12. The second-order valence-electron chi connectivity index (χ2n) is 5.74. The van der Waals surface area contributed by atoms with Crippen LogP contribution in [-0.4, -0.2) is 34.9 Å². The van der Waals surface area contributed by atoms with Gasteiger partial charge in [-0.15, -0.1) is 0 Å². The molecule has 3 rings (SSSR count). The van der Waals surface area contributed by atoms with Crippen LogP contribution in [-0.2, 0) is 9.53 Å². The van der Waals surface area contributed by atoms with Gasteiger partial charge >= 0.3 is 5.97 Å². The number of para-hydroxylation sites is 1. The molecule has 0 unspecified atom stereocenters. The van der Waals surface area contributed by atoms with Gasteiger partial charge in [-0.25, -0.2) is 9.79 Å². The lowest BCUT2D eigenvalue weighted by Gasteiger charge is -2.04. The number of benzene rings is 2. The number of aromatic hydroxyl groups is 1. The maximum Gasteiger partial charge on any atom is 0.344 e. The largest absolute Gasteiger partial charge is 0.506 e. The number of esters is 1. The Morgan fingerprint density at radius 3 is 2.57 bits per heavy atom. The van der Waals surface area contributed by atoms with E-state index in [2.05, 4.69) is 4.99 Å². The fraction of sp³-hybridized carbons (Fsp3) is 0.143. The number of phenolic OH excluding ortho intramolecular Hbond substituents is 1. The number of hydrogen-bond acceptors (Lipinski definition) is 7. The van der Waals surface area contributed by atoms with Gasteiger partial charge in [0, 0.05) is 0 Å². The number of nitrogens with zero attached hydrogens (tertiary/aromatic N) is 1. The zero-order valence-corrected chi connectivity index (χ0v) is 16.2. The second-order valence-corrected chi connectivity index (χ2v) is 6.77. The monoisotopic (exact) mass is 397 g/mol. The first kappa shape index (κ1) is 19.6. The molecule has 0 spiro atoms. The van der Waals surface area contributed by atoms with Crippen LogP contribution >= 0.6 is 11.8 Å². The summed E-state index contributed by atoms with van der Waals surface area (Å²) in [7, 11) is 1.46. The molecule has 0 amide bonds. The third-order valence-electron chi connectivity index (χ3n) is 3.86. The molecule has 7 heteroatoms. The molecular formula is C21H19NO5S. The maximum atomic E-state index is 12.4. The van der Waals surface area contributed by atoms with Gasteiger partial charge in [0.1, 0.15) is 16.4 Å². The first-order valence-corrected chi connectivity index (χ1v) is 9.36. The number of ether oxygens (including phenoxy) is 2. The lowest BCUT2D eigenvalue weighted by molar-refractivity contribution is -0.138. The summed E-state index contributed by atoms with van der Waals surface area (Å²) in [6.07, 6.45) is 1.66. The Kier molecular flexibility index (Phi) is 6.06. The highest BCUT2D eigenvalue weighted by Gasteiger charge is 2.33. The summed E-state index contributed by atoms with van der Waals surface area (Å²) in [4.78, 5) is 17.3. The third kappa shape index (κ3) is 4.20. The van der Waals surface area contributed by atoms with Crippen LogP contribution < -0.4 is 4.74 Å². The minimum atomic E-state index is -0.636. The van der Waals surface area contributed by atoms with Crippen LogP contribution in [0.2, 0.25) is 0 Å². The van der Waals surface area contributed by atoms with Crippen LogP contribution in [0.1, 0.15) is 12.5 Å². The molecule has 0 fully saturated rings. The molecule has 144 valence electrons. The molecule has 0 radical (unpaired) electrons. The van der Waals surface area contributed by atoms with Crippen LogP contribution in [0, 0.1) is 0 Å². The van der Waals surface area contributed by atoms with Crippen LogP contribution in [0.15, 0.2) is 69.8 Å². The SMILES string of the molecule is CCOC(=O)C1=C(O)/C(=C\c2ccc(OC)c(O)c2)SC1=Nc1ccccc1. The molecule has 0 saturated carbocycles. The van der Waals surface area contributed by atoms with Crippen molar-refractivity contribution in [1.82, 2.24) is 0 Å². The Hall–Kier alpha value is -3.19. The predicted octanol–water partition coefficient (Wildman–Crippen LogP) is 4.59. The Labute approximate surface area is 166 Å². The Balaban J connectivity index is 2.02. The number of aliphatic hydroxyl groups is 1. The summed E-state index contributed by atoms with van der Waals surface area (Å²) >= 11 is 1.16. The zero-order valence-electron chi connectivity index (χ0n) is 15.4. The summed E-state index contributed by atoms with van der Waals surface area (Å²) in [5, 5.41) is 21.0. The van der Waals surface area contributed by atoms with E-state index in [1.807, 2.05) is 18.2 Å². The summed E-state index contributed by atoms with van der Waals surface area (Å²) in [5.41, 5.74) is 1.32. The smallest absolute Gasteiger partial charge is 0.344 e. The van der Waals surface area contributed by atoms with Gasteiger partial charge in [0.05, 0.1) is 24.3 Å². The van der Waals surface area contributed by atoms with E-state index in [0.29, 0.717) is 26.9 Å². The molecule has 28 heavy (non-hydrogen) atoms. The van der Waals surface area contributed by atoms with Crippen LogP contribution in [0.25, 0.3) is 6.08 Å². The number of carbonyl (C=O) groups excluding carboxylic acids is 1. The Bertz CT molecular complexity index is 980. The van der Waals surface area contributed by atoms with Crippen molar-refractivity contribution >= 4 is 34.5 Å². The zero-order chi connectivity index (χ0) is 20.1. The standard InChI is InChI=1S/C21H19NO5S/c1-3-27-21(25)18-19(24)17(12-13-9-10-16(26-2)15(23)11-13)28-20(18)22-14-7-5-4-6-8-14/h4-12,23-24H,3H2,1-2H3/b17-12+,22-20?. The van der Waals surface area contributed by atoms with Gasteiger partial charge in [-0.2, -0.15) is 0 Å². The number of rotatable bonds is 5. The van der Waals surface area contributed by atoms with Crippen molar-refractivity contribution in [2.75, 3.05) is 13.7 Å². The molecule has 1 heterocycles. The molecule has 0 saturated heterocycles. The predicted molar refractivity (Wildman–Crippen MR) is 110 cm³/mol. The lowest BCUT2D eigenvalue weighted by atomic mass is 10.1. The molecule has 1 aliphatic rings. The molecular weight excluding hydrogens is 378 g/mol. The van der Waals surface area contributed by atoms with Crippen LogP contribution in [0.3, 0.4) is 0 Å². The molecule has 1 aliphatic heterocycles. The molecule has 2 N–H and O–H groups in total. The van der Waals surface area contributed by atoms with E-state index in [-0.39, 0.29) is 23.7 Å². The summed E-state index contributed by atoms with van der Waals surface area (Å²) in [6, 6.07) is 14.0. The minimum Gasteiger partial charge on any atom is -0.506 e. The molecule has 0 atom stereocenters. The highest BCUT2D eigenvalue weighted by atomic mass is 32.2. The van der Waals surface area contributed by atoms with Crippen LogP contribution in [0.4, 0.5) is 5.69 Å². The van der Waals surface area contributed by atoms with Crippen molar-refractivity contribution in [3.63, 3.8) is 0 Å². The molecule has 2 aromatic carbocycles. The summed E-state index contributed by atoms with van der Waals surface area (Å²) < 4.78 is 10.1. The number of hydrogen-bond donors (Lipinski definition) is 2. The van der Waals surface area contributed by atoms with E-state index in [9.17, 15) is 15.0 Å². The highest BCUT2D eigenvalue weighted by Crippen LogP contribution is 2.40. The van der Waals surface area contributed by atoms with E-state index in [4.69, 9.17) is 9.47 Å². The van der Waals surface area contributed by atoms with Gasteiger partial charge in [-0.1, -0.05) is 36.0 Å². The molecule has 0 bridgehead atoms. The van der Waals surface area contributed by atoms with Gasteiger partial charge in [-0.05, 0) is 42.8 Å². The fourth-order valence-corrected chi connectivity index (χ4v) is 3.59. The number of methoxy groups -OCH3 is 1. The third-order valence-corrected chi connectivity index (χ3v) is 4.88. The van der Waals surface area contributed by atoms with Gasteiger partial charge in [0.25, 0.3) is 0 Å². The normalized spacial score (nSPS) is 16.6. The van der Waals surface area contributed by atoms with E-state index in [1.165, 1.54) is 13.2 Å². The number of thioether (sulfide) groups is 1. The van der Waals surface area contributed by atoms with Crippen molar-refractivity contribution < 1.29 is 24.5 Å². The van der Waals surface area contributed by atoms with E-state index in [0.717, 1.165) is 11.8 Å². The van der Waals surface area contributed by atoms with Gasteiger partial charge in [0.15, 0.2) is 11.5 Å². The van der Waals surface area contributed by atoms with E-state index < -0.39 is 5.97 Å². The average molecular weight is 397 g/mol. The Morgan fingerprint density at radius 2 is 1.93 bits per heavy atom. The molecule has 0 aromatic heterocycles. The van der Waals surface area contributed by atoms with E-state index in [1.54, 1.807) is 37.3 Å². The van der Waals surface area contributed by atoms with Crippen LogP contribution in [0.5, 0.6) is 11.5 Å². The first-order chi connectivity index (χ1) is 13.5. The van der Waals surface area contributed by atoms with Crippen molar-refractivity contribution in [3.8, 4) is 11.5 Å². The van der Waals surface area contributed by atoms with E-state index >= 15 is 0 Å². The number of phenols is 1. The second kappa shape index (κ2) is 8.67. The maximum absolute atomic E-state index is 12.4. The number of aliphatic hydroxyl groups excluding tert-OH is 1. The van der Waals surface area contributed by atoms with Gasteiger partial charge in [0.2, 0.25) is 0 Å². The van der Waals surface area contributed by atoms with Gasteiger partial charge < -0.3 is 19.7 Å². The number of carbonyl (C=O) groups is 1. The molecule has 0 aliphatic carbocycles. The quantitative estimate of drug-likeness (QED) is 0.717.